The molecule has 0 saturated carbocycles. The number of amides is 2. The van der Waals surface area contributed by atoms with Crippen LogP contribution in [0.3, 0.4) is 0 Å². The molecule has 206 valence electrons. The van der Waals surface area contributed by atoms with E-state index < -0.39 is 5.60 Å². The molecule has 0 radical (unpaired) electrons. The molecule has 0 unspecified atom stereocenters. The van der Waals surface area contributed by atoms with Crippen molar-refractivity contribution < 1.29 is 28.5 Å². The molecule has 2 aromatic heterocycles. The molecule has 2 amide bonds. The minimum absolute atomic E-state index is 0.144. The monoisotopic (exact) mass is 527 g/mol. The standard InChI is InChI=1S/C27H37N5O6/c1-6-10-31-23(17-36-7-2)28-21-16-32(35)22-9-8-19(15-20(22)25(21)31)37-18-24(33)29-11-13-30(14-12-29)26(34)38-27(3,4)5/h8-9,15-16H,6-7,10-14,17-18H2,1-5H3. The molecule has 3 heterocycles. The Morgan fingerprint density at radius 2 is 1.82 bits per heavy atom. The average Bonchev–Trinajstić information content (AvgIpc) is 3.22. The molecule has 1 saturated heterocycles. The van der Waals surface area contributed by atoms with Gasteiger partial charge in [0.05, 0.1) is 10.9 Å². The smallest absolute Gasteiger partial charge is 0.410 e. The number of aryl methyl sites for hydroxylation is 1. The highest BCUT2D eigenvalue weighted by Gasteiger charge is 2.28. The second-order valence-corrected chi connectivity index (χ2v) is 10.3. The first-order valence-corrected chi connectivity index (χ1v) is 13.1. The summed E-state index contributed by atoms with van der Waals surface area (Å²) in [6.45, 7) is 12.6. The Morgan fingerprint density at radius 3 is 2.47 bits per heavy atom. The summed E-state index contributed by atoms with van der Waals surface area (Å²) in [4.78, 5) is 33.1. The Labute approximate surface area is 222 Å². The van der Waals surface area contributed by atoms with Gasteiger partial charge in [0.25, 0.3) is 5.91 Å². The van der Waals surface area contributed by atoms with E-state index in [1.165, 1.54) is 6.20 Å². The van der Waals surface area contributed by atoms with Gasteiger partial charge in [0.1, 0.15) is 23.8 Å². The van der Waals surface area contributed by atoms with Crippen molar-refractivity contribution in [1.29, 1.82) is 0 Å². The van der Waals surface area contributed by atoms with Crippen molar-refractivity contribution in [2.45, 2.75) is 59.8 Å². The lowest BCUT2D eigenvalue weighted by Crippen LogP contribution is -2.52. The molecule has 38 heavy (non-hydrogen) atoms. The lowest BCUT2D eigenvalue weighted by molar-refractivity contribution is -0.575. The van der Waals surface area contributed by atoms with Crippen LogP contribution in [0.5, 0.6) is 5.75 Å². The Balaban J connectivity index is 1.48. The molecule has 0 N–H and O–H groups in total. The number of carbonyl (C=O) groups excluding carboxylic acids is 2. The Kier molecular flexibility index (Phi) is 8.25. The number of rotatable bonds is 8. The van der Waals surface area contributed by atoms with Crippen LogP contribution >= 0.6 is 0 Å². The van der Waals surface area contributed by atoms with Crippen molar-refractivity contribution >= 4 is 33.9 Å². The highest BCUT2D eigenvalue weighted by molar-refractivity contribution is 6.01. The van der Waals surface area contributed by atoms with Crippen LogP contribution < -0.4 is 9.47 Å². The summed E-state index contributed by atoms with van der Waals surface area (Å²) in [5.41, 5.74) is 1.37. The number of fused-ring (bicyclic) bond motifs is 3. The topological polar surface area (TPSA) is 113 Å². The number of nitrogens with zero attached hydrogens (tertiary/aromatic N) is 5. The first-order valence-electron chi connectivity index (χ1n) is 13.1. The highest BCUT2D eigenvalue weighted by Crippen LogP contribution is 2.28. The van der Waals surface area contributed by atoms with Crippen LogP contribution in [0.25, 0.3) is 21.9 Å². The van der Waals surface area contributed by atoms with Crippen LogP contribution in [0, 0.1) is 5.21 Å². The van der Waals surface area contributed by atoms with E-state index in [-0.39, 0.29) is 18.6 Å². The van der Waals surface area contributed by atoms with Crippen molar-refractivity contribution in [2.75, 3.05) is 39.4 Å². The van der Waals surface area contributed by atoms with E-state index in [9.17, 15) is 14.8 Å². The maximum Gasteiger partial charge on any atom is 0.410 e. The zero-order valence-electron chi connectivity index (χ0n) is 22.9. The van der Waals surface area contributed by atoms with E-state index in [1.807, 2.05) is 27.7 Å². The number of aromatic nitrogens is 3. The summed E-state index contributed by atoms with van der Waals surface area (Å²) in [7, 11) is 0. The normalized spacial score (nSPS) is 14.3. The van der Waals surface area contributed by atoms with Crippen LogP contribution in [-0.4, -0.2) is 76.3 Å². The van der Waals surface area contributed by atoms with Crippen molar-refractivity contribution in [1.82, 2.24) is 19.4 Å². The molecule has 0 spiro atoms. The largest absolute Gasteiger partial charge is 0.618 e. The fourth-order valence-corrected chi connectivity index (χ4v) is 4.53. The van der Waals surface area contributed by atoms with Gasteiger partial charge >= 0.3 is 6.09 Å². The van der Waals surface area contributed by atoms with E-state index in [0.717, 1.165) is 29.0 Å². The summed E-state index contributed by atoms with van der Waals surface area (Å²) in [6, 6.07) is 5.18. The summed E-state index contributed by atoms with van der Waals surface area (Å²) < 4.78 is 19.8. The summed E-state index contributed by atoms with van der Waals surface area (Å²) in [6.07, 6.45) is 2.01. The fraction of sp³-hybridized carbons (Fsp3) is 0.556. The van der Waals surface area contributed by atoms with E-state index in [4.69, 9.17) is 14.2 Å². The Morgan fingerprint density at radius 1 is 1.11 bits per heavy atom. The van der Waals surface area contributed by atoms with Crippen molar-refractivity contribution in [3.05, 3.63) is 35.4 Å². The third-order valence-corrected chi connectivity index (χ3v) is 6.30. The zero-order chi connectivity index (χ0) is 27.4. The summed E-state index contributed by atoms with van der Waals surface area (Å²) >= 11 is 0. The van der Waals surface area contributed by atoms with Crippen LogP contribution in [0.1, 0.15) is 46.9 Å². The molecule has 11 nitrogen and oxygen atoms in total. The molecule has 0 aliphatic carbocycles. The third-order valence-electron chi connectivity index (χ3n) is 6.30. The second-order valence-electron chi connectivity index (χ2n) is 10.3. The quantitative estimate of drug-likeness (QED) is 0.326. The van der Waals surface area contributed by atoms with Crippen LogP contribution in [0.4, 0.5) is 4.79 Å². The molecule has 0 bridgehead atoms. The highest BCUT2D eigenvalue weighted by atomic mass is 16.6. The third kappa shape index (κ3) is 6.09. The molecule has 1 fully saturated rings. The van der Waals surface area contributed by atoms with Crippen LogP contribution in [0.2, 0.25) is 0 Å². The van der Waals surface area contributed by atoms with Gasteiger partial charge in [-0.3, -0.25) is 4.79 Å². The summed E-state index contributed by atoms with van der Waals surface area (Å²) in [5, 5.41) is 13.4. The maximum atomic E-state index is 12.8. The average molecular weight is 528 g/mol. The first kappa shape index (κ1) is 27.4. The number of hydrogen-bond donors (Lipinski definition) is 0. The SMILES string of the molecule is CCCn1c(COCC)nc2c[n+]([O-])c3ccc(OCC(=O)N4CCN(C(=O)OC(C)(C)C)CC4)cc3c21. The number of hydrogen-bond acceptors (Lipinski definition) is 7. The van der Waals surface area contributed by atoms with Gasteiger partial charge in [-0.2, -0.15) is 4.73 Å². The van der Waals surface area contributed by atoms with Gasteiger partial charge in [-0.1, -0.05) is 6.92 Å². The Bertz CT molecular complexity index is 1310. The molecule has 1 aliphatic rings. The van der Waals surface area contributed by atoms with Crippen LogP contribution in [-0.2, 0) is 27.4 Å². The van der Waals surface area contributed by atoms with Crippen molar-refractivity contribution in [2.24, 2.45) is 0 Å². The van der Waals surface area contributed by atoms with Crippen molar-refractivity contribution in [3.63, 3.8) is 0 Å². The lowest BCUT2D eigenvalue weighted by Gasteiger charge is -2.35. The van der Waals surface area contributed by atoms with Gasteiger partial charge in [0.15, 0.2) is 12.1 Å². The fourth-order valence-electron chi connectivity index (χ4n) is 4.53. The first-order chi connectivity index (χ1) is 18.1. The minimum Gasteiger partial charge on any atom is -0.618 e. The van der Waals surface area contributed by atoms with Gasteiger partial charge in [0.2, 0.25) is 11.7 Å². The minimum atomic E-state index is -0.562. The van der Waals surface area contributed by atoms with Gasteiger partial charge in [-0.15, -0.1) is 0 Å². The second kappa shape index (κ2) is 11.4. The zero-order valence-corrected chi connectivity index (χ0v) is 22.9. The van der Waals surface area contributed by atoms with E-state index in [0.29, 0.717) is 61.6 Å². The van der Waals surface area contributed by atoms with E-state index in [2.05, 4.69) is 16.5 Å². The van der Waals surface area contributed by atoms with E-state index >= 15 is 0 Å². The van der Waals surface area contributed by atoms with Crippen molar-refractivity contribution in [3.8, 4) is 5.75 Å². The number of ether oxygens (including phenoxy) is 3. The molecule has 0 atom stereocenters. The van der Waals surface area contributed by atoms with E-state index in [1.54, 1.807) is 28.0 Å². The lowest BCUT2D eigenvalue weighted by atomic mass is 10.1. The molecular weight excluding hydrogens is 490 g/mol. The number of imidazole rings is 1. The molecule has 11 heteroatoms. The molecule has 4 rings (SSSR count). The Hall–Kier alpha value is -3.60. The number of pyridine rings is 1. The maximum absolute atomic E-state index is 12.8. The molecule has 1 aliphatic heterocycles. The van der Waals surface area contributed by atoms with Crippen LogP contribution in [0.15, 0.2) is 24.4 Å². The summed E-state index contributed by atoms with van der Waals surface area (Å²) in [5.74, 6) is 1.09. The number of carbonyl (C=O) groups is 2. The predicted octanol–water partition coefficient (Wildman–Crippen LogP) is 3.23. The van der Waals surface area contributed by atoms with Gasteiger partial charge < -0.3 is 33.8 Å². The van der Waals surface area contributed by atoms with Gasteiger partial charge in [0, 0.05) is 45.4 Å². The number of piperazine rings is 1. The van der Waals surface area contributed by atoms with Gasteiger partial charge in [-0.05, 0) is 46.2 Å². The van der Waals surface area contributed by atoms with Gasteiger partial charge in [-0.25, -0.2) is 9.78 Å². The molecule has 1 aromatic carbocycles. The molecule has 3 aromatic rings. The predicted molar refractivity (Wildman–Crippen MR) is 142 cm³/mol. The number of benzene rings is 1. The molecular formula is C27H37N5O6.